The lowest BCUT2D eigenvalue weighted by molar-refractivity contribution is 0.134. The van der Waals surface area contributed by atoms with Gasteiger partial charge in [0.25, 0.3) is 0 Å². The van der Waals surface area contributed by atoms with Crippen molar-refractivity contribution >= 4 is 0 Å². The Bertz CT molecular complexity index is 243. The fourth-order valence-corrected chi connectivity index (χ4v) is 3.98. The quantitative estimate of drug-likeness (QED) is 0.807. The lowest BCUT2D eigenvalue weighted by Gasteiger charge is -2.38. The second-order valence-corrected chi connectivity index (χ2v) is 6.95. The van der Waals surface area contributed by atoms with Gasteiger partial charge in [0.1, 0.15) is 0 Å². The van der Waals surface area contributed by atoms with E-state index in [0.29, 0.717) is 0 Å². The van der Waals surface area contributed by atoms with Crippen LogP contribution in [0.5, 0.6) is 0 Å². The zero-order valence-electron chi connectivity index (χ0n) is 11.9. The van der Waals surface area contributed by atoms with Crippen molar-refractivity contribution in [3.05, 3.63) is 0 Å². The van der Waals surface area contributed by atoms with E-state index < -0.39 is 0 Å². The van der Waals surface area contributed by atoms with Gasteiger partial charge in [-0.05, 0) is 63.5 Å². The molecule has 1 heterocycles. The molecule has 3 aliphatic rings. The zero-order chi connectivity index (χ0) is 12.2. The van der Waals surface area contributed by atoms with Gasteiger partial charge in [0.15, 0.2) is 0 Å². The van der Waals surface area contributed by atoms with Crippen molar-refractivity contribution in [3.63, 3.8) is 0 Å². The smallest absolute Gasteiger partial charge is 0.0195 e. The molecule has 2 saturated carbocycles. The Morgan fingerprint density at radius 3 is 2.33 bits per heavy atom. The first-order chi connectivity index (χ1) is 8.90. The van der Waals surface area contributed by atoms with E-state index in [2.05, 4.69) is 10.2 Å². The van der Waals surface area contributed by atoms with Crippen LogP contribution in [0.15, 0.2) is 0 Å². The molecular weight excluding hydrogens is 220 g/mol. The molecule has 0 bridgehead atoms. The van der Waals surface area contributed by atoms with E-state index in [1.54, 1.807) is 0 Å². The lowest BCUT2D eigenvalue weighted by atomic mass is 9.84. The van der Waals surface area contributed by atoms with Crippen molar-refractivity contribution < 1.29 is 0 Å². The molecule has 1 unspecified atom stereocenters. The molecule has 0 aromatic rings. The number of nitrogens with zero attached hydrogens (tertiary/aromatic N) is 1. The van der Waals surface area contributed by atoms with Gasteiger partial charge in [0.05, 0.1) is 0 Å². The standard InChI is InChI=1S/C16H30N2/c1-2-6-14(5-1)11-17-16-9-4-10-18(13-16)12-15-7-3-8-15/h14-17H,1-13H2. The summed E-state index contributed by atoms with van der Waals surface area (Å²) in [4.78, 5) is 2.74. The Balaban J connectivity index is 1.36. The van der Waals surface area contributed by atoms with Gasteiger partial charge in [-0.3, -0.25) is 0 Å². The van der Waals surface area contributed by atoms with Crippen molar-refractivity contribution in [3.8, 4) is 0 Å². The number of likely N-dealkylation sites (tertiary alicyclic amines) is 1. The molecule has 104 valence electrons. The van der Waals surface area contributed by atoms with Gasteiger partial charge in [-0.15, -0.1) is 0 Å². The average molecular weight is 250 g/mol. The van der Waals surface area contributed by atoms with Gasteiger partial charge in [0.2, 0.25) is 0 Å². The van der Waals surface area contributed by atoms with Crippen molar-refractivity contribution in [2.75, 3.05) is 26.2 Å². The van der Waals surface area contributed by atoms with E-state index in [9.17, 15) is 0 Å². The molecule has 0 aromatic heterocycles. The van der Waals surface area contributed by atoms with Gasteiger partial charge >= 0.3 is 0 Å². The van der Waals surface area contributed by atoms with Crippen LogP contribution in [0.4, 0.5) is 0 Å². The highest BCUT2D eigenvalue weighted by Crippen LogP contribution is 2.28. The van der Waals surface area contributed by atoms with Crippen LogP contribution in [0, 0.1) is 11.8 Å². The maximum absolute atomic E-state index is 3.86. The summed E-state index contributed by atoms with van der Waals surface area (Å²) in [6, 6.07) is 0.791. The highest BCUT2D eigenvalue weighted by atomic mass is 15.2. The van der Waals surface area contributed by atoms with Gasteiger partial charge in [0, 0.05) is 19.1 Å². The molecule has 18 heavy (non-hydrogen) atoms. The second-order valence-electron chi connectivity index (χ2n) is 6.95. The number of hydrogen-bond donors (Lipinski definition) is 1. The molecular formula is C16H30N2. The van der Waals surface area contributed by atoms with E-state index in [0.717, 1.165) is 17.9 Å². The third-order valence-electron chi connectivity index (χ3n) is 5.42. The summed E-state index contributed by atoms with van der Waals surface area (Å²) >= 11 is 0. The maximum atomic E-state index is 3.86. The summed E-state index contributed by atoms with van der Waals surface area (Å²) in [5.41, 5.74) is 0. The minimum absolute atomic E-state index is 0.791. The molecule has 1 atom stereocenters. The SMILES string of the molecule is C1CCC(CNC2CCCN(CC3CCC3)C2)C1. The van der Waals surface area contributed by atoms with Crippen LogP contribution in [-0.2, 0) is 0 Å². The highest BCUT2D eigenvalue weighted by molar-refractivity contribution is 4.82. The van der Waals surface area contributed by atoms with Gasteiger partial charge in [-0.2, -0.15) is 0 Å². The minimum atomic E-state index is 0.791. The Kier molecular flexibility index (Phi) is 4.58. The topological polar surface area (TPSA) is 15.3 Å². The number of rotatable bonds is 5. The fourth-order valence-electron chi connectivity index (χ4n) is 3.98. The molecule has 2 nitrogen and oxygen atoms in total. The third kappa shape index (κ3) is 3.48. The molecule has 1 saturated heterocycles. The van der Waals surface area contributed by atoms with Gasteiger partial charge < -0.3 is 10.2 Å². The van der Waals surface area contributed by atoms with Crippen LogP contribution in [0.3, 0.4) is 0 Å². The number of hydrogen-bond acceptors (Lipinski definition) is 2. The van der Waals surface area contributed by atoms with Gasteiger partial charge in [-0.1, -0.05) is 19.3 Å². The van der Waals surface area contributed by atoms with E-state index >= 15 is 0 Å². The molecule has 0 spiro atoms. The molecule has 2 aliphatic carbocycles. The summed E-state index contributed by atoms with van der Waals surface area (Å²) in [6.45, 7) is 5.37. The van der Waals surface area contributed by atoms with Crippen molar-refractivity contribution in [2.45, 2.75) is 63.8 Å². The lowest BCUT2D eigenvalue weighted by Crippen LogP contribution is -2.48. The van der Waals surface area contributed by atoms with Crippen molar-refractivity contribution in [1.29, 1.82) is 0 Å². The molecule has 0 amide bonds. The van der Waals surface area contributed by atoms with Crippen LogP contribution in [-0.4, -0.2) is 37.1 Å². The summed E-state index contributed by atoms with van der Waals surface area (Å²) < 4.78 is 0. The van der Waals surface area contributed by atoms with E-state index in [4.69, 9.17) is 0 Å². The van der Waals surface area contributed by atoms with Crippen molar-refractivity contribution in [1.82, 2.24) is 10.2 Å². The molecule has 3 fully saturated rings. The molecule has 2 heteroatoms. The Morgan fingerprint density at radius 1 is 0.833 bits per heavy atom. The summed E-state index contributed by atoms with van der Waals surface area (Å²) in [5, 5.41) is 3.86. The molecule has 1 aliphatic heterocycles. The third-order valence-corrected chi connectivity index (χ3v) is 5.42. The van der Waals surface area contributed by atoms with Gasteiger partial charge in [-0.25, -0.2) is 0 Å². The maximum Gasteiger partial charge on any atom is 0.0195 e. The average Bonchev–Trinajstić information content (AvgIpc) is 2.85. The van der Waals surface area contributed by atoms with Crippen LogP contribution < -0.4 is 5.32 Å². The van der Waals surface area contributed by atoms with E-state index in [1.165, 1.54) is 84.0 Å². The Morgan fingerprint density at radius 2 is 1.61 bits per heavy atom. The zero-order valence-corrected chi connectivity index (χ0v) is 11.9. The minimum Gasteiger partial charge on any atom is -0.312 e. The highest BCUT2D eigenvalue weighted by Gasteiger charge is 2.25. The molecule has 3 rings (SSSR count). The first-order valence-electron chi connectivity index (χ1n) is 8.36. The first kappa shape index (κ1) is 12.9. The second kappa shape index (κ2) is 6.38. The van der Waals surface area contributed by atoms with E-state index in [1.807, 2.05) is 0 Å². The fraction of sp³-hybridized carbons (Fsp3) is 1.00. The Hall–Kier alpha value is -0.0800. The first-order valence-corrected chi connectivity index (χ1v) is 8.36. The number of nitrogens with one attached hydrogen (secondary N) is 1. The van der Waals surface area contributed by atoms with Crippen LogP contribution in [0.25, 0.3) is 0 Å². The predicted molar refractivity (Wildman–Crippen MR) is 76.8 cm³/mol. The van der Waals surface area contributed by atoms with Crippen LogP contribution in [0.1, 0.15) is 57.8 Å². The molecule has 0 aromatic carbocycles. The van der Waals surface area contributed by atoms with Crippen LogP contribution in [0.2, 0.25) is 0 Å². The Labute approximate surface area is 113 Å². The molecule has 0 radical (unpaired) electrons. The molecule has 1 N–H and O–H groups in total. The number of piperidine rings is 1. The summed E-state index contributed by atoms with van der Waals surface area (Å²) in [6.07, 6.45) is 13.2. The monoisotopic (exact) mass is 250 g/mol. The normalized spacial score (nSPS) is 31.7. The predicted octanol–water partition coefficient (Wildman–Crippen LogP) is 3.03. The van der Waals surface area contributed by atoms with E-state index in [-0.39, 0.29) is 0 Å². The summed E-state index contributed by atoms with van der Waals surface area (Å²) in [7, 11) is 0. The summed E-state index contributed by atoms with van der Waals surface area (Å²) in [5.74, 6) is 2.03. The largest absolute Gasteiger partial charge is 0.312 e. The van der Waals surface area contributed by atoms with Crippen molar-refractivity contribution in [2.24, 2.45) is 11.8 Å². The van der Waals surface area contributed by atoms with Crippen LogP contribution >= 0.6 is 0 Å².